The molecule has 0 aliphatic carbocycles. The molecule has 0 aromatic heterocycles. The lowest BCUT2D eigenvalue weighted by Crippen LogP contribution is -2.57. The topological polar surface area (TPSA) is 35.6 Å². The summed E-state index contributed by atoms with van der Waals surface area (Å²) >= 11 is 0. The first kappa shape index (κ1) is 22.0. The highest BCUT2D eigenvalue weighted by atomic mass is 35.5. The van der Waals surface area contributed by atoms with E-state index in [1.54, 1.807) is 0 Å². The standard InChI is InChI=1S/C19H27N3O.2ClH/c1-19(10-6-11-20-19)18(23)22-15-13-21(14-16-22)12-5-9-17-7-3-2-4-8-17;;/h2-5,7-9,20H,6,10-16H2,1H3;2*1H/b9-5+;;/t19-;;/m1../s1. The molecule has 4 nitrogen and oxygen atoms in total. The van der Waals surface area contributed by atoms with E-state index >= 15 is 0 Å². The van der Waals surface area contributed by atoms with Crippen molar-refractivity contribution in [1.82, 2.24) is 15.1 Å². The highest BCUT2D eigenvalue weighted by molar-refractivity contribution is 5.86. The minimum absolute atomic E-state index is 0. The smallest absolute Gasteiger partial charge is 0.242 e. The second-order valence-electron chi connectivity index (χ2n) is 6.77. The van der Waals surface area contributed by atoms with E-state index in [2.05, 4.69) is 53.6 Å². The largest absolute Gasteiger partial charge is 0.339 e. The Morgan fingerprint density at radius 3 is 2.44 bits per heavy atom. The van der Waals surface area contributed by atoms with Crippen LogP contribution in [0.25, 0.3) is 6.08 Å². The average molecular weight is 386 g/mol. The number of carbonyl (C=O) groups excluding carboxylic acids is 1. The molecule has 0 bridgehead atoms. The van der Waals surface area contributed by atoms with Crippen LogP contribution in [0.1, 0.15) is 25.3 Å². The van der Waals surface area contributed by atoms with Crippen molar-refractivity contribution < 1.29 is 4.79 Å². The van der Waals surface area contributed by atoms with E-state index in [1.165, 1.54) is 5.56 Å². The van der Waals surface area contributed by atoms with Crippen LogP contribution in [0.3, 0.4) is 0 Å². The number of hydrogen-bond acceptors (Lipinski definition) is 3. The first-order chi connectivity index (χ1) is 11.2. The predicted octanol–water partition coefficient (Wildman–Crippen LogP) is 2.83. The fraction of sp³-hybridized carbons (Fsp3) is 0.526. The lowest BCUT2D eigenvalue weighted by molar-refractivity contribution is -0.138. The van der Waals surface area contributed by atoms with E-state index in [4.69, 9.17) is 0 Å². The first-order valence-electron chi connectivity index (χ1n) is 8.66. The van der Waals surface area contributed by atoms with Gasteiger partial charge in [0.2, 0.25) is 5.91 Å². The number of benzene rings is 1. The number of hydrogen-bond donors (Lipinski definition) is 1. The zero-order chi connectivity index (χ0) is 16.1. The van der Waals surface area contributed by atoms with Gasteiger partial charge in [-0.25, -0.2) is 0 Å². The van der Waals surface area contributed by atoms with Gasteiger partial charge in [0.1, 0.15) is 0 Å². The second-order valence-corrected chi connectivity index (χ2v) is 6.77. The summed E-state index contributed by atoms with van der Waals surface area (Å²) in [4.78, 5) is 17.1. The number of halogens is 2. The molecule has 0 radical (unpaired) electrons. The summed E-state index contributed by atoms with van der Waals surface area (Å²) in [7, 11) is 0. The van der Waals surface area contributed by atoms with Gasteiger partial charge in [0.05, 0.1) is 5.54 Å². The van der Waals surface area contributed by atoms with E-state index in [0.717, 1.165) is 52.1 Å². The summed E-state index contributed by atoms with van der Waals surface area (Å²) in [6, 6.07) is 10.4. The summed E-state index contributed by atoms with van der Waals surface area (Å²) in [6.07, 6.45) is 6.45. The molecule has 25 heavy (non-hydrogen) atoms. The van der Waals surface area contributed by atoms with Crippen LogP contribution in [0.15, 0.2) is 36.4 Å². The molecule has 2 aliphatic rings. The average Bonchev–Trinajstić information content (AvgIpc) is 3.04. The van der Waals surface area contributed by atoms with Crippen LogP contribution < -0.4 is 5.32 Å². The van der Waals surface area contributed by atoms with E-state index in [-0.39, 0.29) is 36.3 Å². The quantitative estimate of drug-likeness (QED) is 0.865. The Labute approximate surface area is 163 Å². The second kappa shape index (κ2) is 10.2. The SMILES string of the molecule is C[C@]1(C(=O)N2CCN(C/C=C/c3ccccc3)CC2)CCCN1.Cl.Cl. The lowest BCUT2D eigenvalue weighted by atomic mass is 9.98. The summed E-state index contributed by atoms with van der Waals surface area (Å²) < 4.78 is 0. The van der Waals surface area contributed by atoms with Gasteiger partial charge in [0, 0.05) is 32.7 Å². The molecule has 2 heterocycles. The Morgan fingerprint density at radius 1 is 1.16 bits per heavy atom. The van der Waals surface area contributed by atoms with Crippen molar-refractivity contribution in [1.29, 1.82) is 0 Å². The maximum absolute atomic E-state index is 12.7. The van der Waals surface area contributed by atoms with Crippen LogP contribution in [-0.4, -0.2) is 60.5 Å². The number of amides is 1. The van der Waals surface area contributed by atoms with Gasteiger partial charge in [-0.15, -0.1) is 24.8 Å². The van der Waals surface area contributed by atoms with Gasteiger partial charge >= 0.3 is 0 Å². The van der Waals surface area contributed by atoms with Crippen molar-refractivity contribution in [3.05, 3.63) is 42.0 Å². The molecule has 1 aromatic carbocycles. The fourth-order valence-corrected chi connectivity index (χ4v) is 3.46. The number of nitrogens with one attached hydrogen (secondary N) is 1. The normalized spacial score (nSPS) is 24.0. The first-order valence-corrected chi connectivity index (χ1v) is 8.66. The molecule has 2 saturated heterocycles. The van der Waals surface area contributed by atoms with Crippen molar-refractivity contribution in [3.8, 4) is 0 Å². The lowest BCUT2D eigenvalue weighted by Gasteiger charge is -2.38. The molecule has 140 valence electrons. The molecule has 1 atom stereocenters. The molecule has 2 fully saturated rings. The van der Waals surface area contributed by atoms with Gasteiger partial charge in [-0.05, 0) is 31.9 Å². The minimum atomic E-state index is -0.324. The number of nitrogens with zero attached hydrogens (tertiary/aromatic N) is 2. The van der Waals surface area contributed by atoms with Crippen LogP contribution in [0.5, 0.6) is 0 Å². The Kier molecular flexibility index (Phi) is 8.94. The zero-order valence-corrected chi connectivity index (χ0v) is 16.5. The van der Waals surface area contributed by atoms with Gasteiger partial charge in [-0.2, -0.15) is 0 Å². The maximum atomic E-state index is 12.7. The van der Waals surface area contributed by atoms with Crippen molar-refractivity contribution in [2.24, 2.45) is 0 Å². The minimum Gasteiger partial charge on any atom is -0.339 e. The van der Waals surface area contributed by atoms with Crippen LogP contribution in [0, 0.1) is 0 Å². The van der Waals surface area contributed by atoms with Crippen LogP contribution in [0.2, 0.25) is 0 Å². The van der Waals surface area contributed by atoms with Crippen molar-refractivity contribution in [3.63, 3.8) is 0 Å². The molecule has 1 N–H and O–H groups in total. The zero-order valence-electron chi connectivity index (χ0n) is 14.8. The van der Waals surface area contributed by atoms with Gasteiger partial charge in [-0.3, -0.25) is 9.69 Å². The van der Waals surface area contributed by atoms with Crippen molar-refractivity contribution in [2.45, 2.75) is 25.3 Å². The van der Waals surface area contributed by atoms with E-state index in [9.17, 15) is 4.79 Å². The maximum Gasteiger partial charge on any atom is 0.242 e. The van der Waals surface area contributed by atoms with Gasteiger partial charge < -0.3 is 10.2 Å². The molecule has 1 amide bonds. The van der Waals surface area contributed by atoms with E-state index < -0.39 is 0 Å². The summed E-state index contributed by atoms with van der Waals surface area (Å²) in [5, 5.41) is 3.38. The Bertz CT molecular complexity index is 551. The molecule has 2 aliphatic heterocycles. The third-order valence-corrected chi connectivity index (χ3v) is 4.97. The van der Waals surface area contributed by atoms with Gasteiger partial charge in [0.15, 0.2) is 0 Å². The number of piperazine rings is 1. The third-order valence-electron chi connectivity index (χ3n) is 4.97. The molecular weight excluding hydrogens is 357 g/mol. The summed E-state index contributed by atoms with van der Waals surface area (Å²) in [5.74, 6) is 0.287. The van der Waals surface area contributed by atoms with Crippen molar-refractivity contribution >= 4 is 36.8 Å². The molecule has 6 heteroatoms. The fourth-order valence-electron chi connectivity index (χ4n) is 3.46. The van der Waals surface area contributed by atoms with E-state index in [1.807, 2.05) is 11.0 Å². The Balaban J connectivity index is 0.00000156. The van der Waals surface area contributed by atoms with E-state index in [0.29, 0.717) is 0 Å². The molecule has 1 aromatic rings. The number of carbonyl (C=O) groups is 1. The Morgan fingerprint density at radius 2 is 1.84 bits per heavy atom. The van der Waals surface area contributed by atoms with Crippen LogP contribution in [-0.2, 0) is 4.79 Å². The monoisotopic (exact) mass is 385 g/mol. The summed E-state index contributed by atoms with van der Waals surface area (Å²) in [6.45, 7) is 7.57. The molecular formula is C19H29Cl2N3O. The van der Waals surface area contributed by atoms with Crippen molar-refractivity contribution in [2.75, 3.05) is 39.3 Å². The van der Waals surface area contributed by atoms with Crippen LogP contribution >= 0.6 is 24.8 Å². The molecule has 0 spiro atoms. The highest BCUT2D eigenvalue weighted by Crippen LogP contribution is 2.22. The molecule has 3 rings (SSSR count). The Hall–Kier alpha value is -1.07. The molecule has 0 unspecified atom stereocenters. The van der Waals surface area contributed by atoms with Gasteiger partial charge in [0.25, 0.3) is 0 Å². The highest BCUT2D eigenvalue weighted by Gasteiger charge is 2.39. The molecule has 0 saturated carbocycles. The van der Waals surface area contributed by atoms with Gasteiger partial charge in [-0.1, -0.05) is 42.5 Å². The van der Waals surface area contributed by atoms with Crippen LogP contribution in [0.4, 0.5) is 0 Å². The third kappa shape index (κ3) is 5.71. The summed E-state index contributed by atoms with van der Waals surface area (Å²) in [5.41, 5.74) is 0.914. The number of rotatable bonds is 4. The predicted molar refractivity (Wildman–Crippen MR) is 109 cm³/mol.